The summed E-state index contributed by atoms with van der Waals surface area (Å²) in [6.07, 6.45) is -2.60. The van der Waals surface area contributed by atoms with Crippen molar-refractivity contribution in [2.24, 2.45) is 7.05 Å². The number of imidazole rings is 1. The molecule has 0 aliphatic heterocycles. The van der Waals surface area contributed by atoms with Crippen molar-refractivity contribution in [1.82, 2.24) is 14.5 Å². The molecule has 0 unspecified atom stereocenters. The molecular formula is C18H15ClF3N3O2S. The summed E-state index contributed by atoms with van der Waals surface area (Å²) >= 11 is 5.89. The molecule has 3 rings (SSSR count). The Morgan fingerprint density at radius 3 is 2.32 bits per heavy atom. The Kier molecular flexibility index (Phi) is 5.24. The number of aromatic nitrogens is 3. The van der Waals surface area contributed by atoms with Crippen molar-refractivity contribution < 1.29 is 21.6 Å². The predicted molar refractivity (Wildman–Crippen MR) is 99.6 cm³/mol. The quantitative estimate of drug-likeness (QED) is 0.607. The van der Waals surface area contributed by atoms with Crippen molar-refractivity contribution in [3.8, 4) is 22.8 Å². The van der Waals surface area contributed by atoms with Crippen LogP contribution in [0, 0.1) is 0 Å². The van der Waals surface area contributed by atoms with Crippen molar-refractivity contribution in [2.75, 3.05) is 5.75 Å². The Morgan fingerprint density at radius 1 is 1.11 bits per heavy atom. The average molecular weight is 430 g/mol. The van der Waals surface area contributed by atoms with Gasteiger partial charge in [0, 0.05) is 18.3 Å². The van der Waals surface area contributed by atoms with Gasteiger partial charge in [-0.15, -0.1) is 0 Å². The normalized spacial score (nSPS) is 12.4. The first-order valence-electron chi connectivity index (χ1n) is 8.12. The lowest BCUT2D eigenvalue weighted by atomic mass is 10.2. The van der Waals surface area contributed by atoms with Crippen molar-refractivity contribution >= 4 is 21.4 Å². The van der Waals surface area contributed by atoms with Crippen LogP contribution in [0.3, 0.4) is 0 Å². The maximum atomic E-state index is 13.1. The maximum absolute atomic E-state index is 13.1. The van der Waals surface area contributed by atoms with Crippen LogP contribution in [0.5, 0.6) is 0 Å². The molecule has 2 aromatic heterocycles. The molecule has 148 valence electrons. The van der Waals surface area contributed by atoms with E-state index in [4.69, 9.17) is 11.6 Å². The number of hydrogen-bond donors (Lipinski definition) is 0. The van der Waals surface area contributed by atoms with Crippen molar-refractivity contribution in [3.05, 3.63) is 53.3 Å². The third kappa shape index (κ3) is 3.77. The van der Waals surface area contributed by atoms with Crippen LogP contribution in [-0.4, -0.2) is 28.7 Å². The molecule has 0 radical (unpaired) electrons. The van der Waals surface area contributed by atoms with Crippen LogP contribution >= 0.6 is 11.6 Å². The number of halogens is 4. The topological polar surface area (TPSA) is 64.8 Å². The first-order valence-corrected chi connectivity index (χ1v) is 10.2. The van der Waals surface area contributed by atoms with E-state index in [1.807, 2.05) is 0 Å². The Bertz CT molecular complexity index is 1120. The molecule has 0 saturated carbocycles. The number of sulfone groups is 1. The van der Waals surface area contributed by atoms with E-state index < -0.39 is 26.5 Å². The van der Waals surface area contributed by atoms with Crippen molar-refractivity contribution in [1.29, 1.82) is 0 Å². The first-order chi connectivity index (χ1) is 13.0. The van der Waals surface area contributed by atoms with Crippen LogP contribution in [-0.2, 0) is 23.1 Å². The number of benzene rings is 1. The fourth-order valence-corrected chi connectivity index (χ4v) is 3.86. The highest BCUT2D eigenvalue weighted by Gasteiger charge is 2.34. The summed E-state index contributed by atoms with van der Waals surface area (Å²) in [5.74, 6) is -0.219. The molecular weight excluding hydrogens is 415 g/mol. The minimum atomic E-state index is -4.71. The lowest BCUT2D eigenvalue weighted by Gasteiger charge is -2.13. The minimum absolute atomic E-state index is 0.127. The molecule has 0 atom stereocenters. The Balaban J connectivity index is 2.20. The highest BCUT2D eigenvalue weighted by molar-refractivity contribution is 7.91. The zero-order chi connectivity index (χ0) is 20.7. The first kappa shape index (κ1) is 20.3. The van der Waals surface area contributed by atoms with E-state index in [0.717, 1.165) is 5.56 Å². The Labute approximate surface area is 164 Å². The van der Waals surface area contributed by atoms with Crippen LogP contribution in [0.1, 0.15) is 12.5 Å². The van der Waals surface area contributed by atoms with Gasteiger partial charge in [-0.3, -0.25) is 4.98 Å². The highest BCUT2D eigenvalue weighted by Crippen LogP contribution is 2.35. The fourth-order valence-electron chi connectivity index (χ4n) is 2.68. The maximum Gasteiger partial charge on any atom is 0.417 e. The second-order valence-corrected chi connectivity index (χ2v) is 8.69. The summed E-state index contributed by atoms with van der Waals surface area (Å²) in [7, 11) is -2.34. The molecule has 0 fully saturated rings. The molecule has 5 nitrogen and oxygen atoms in total. The summed E-state index contributed by atoms with van der Waals surface area (Å²) in [6.45, 7) is 1.36. The van der Waals surface area contributed by atoms with E-state index in [2.05, 4.69) is 9.97 Å². The summed E-state index contributed by atoms with van der Waals surface area (Å²) in [5.41, 5.74) is 0.138. The molecule has 0 N–H and O–H groups in total. The van der Waals surface area contributed by atoms with Crippen molar-refractivity contribution in [3.63, 3.8) is 0 Å². The highest BCUT2D eigenvalue weighted by atomic mass is 35.5. The molecule has 0 saturated heterocycles. The van der Waals surface area contributed by atoms with Crippen LogP contribution in [0.25, 0.3) is 22.8 Å². The van der Waals surface area contributed by atoms with Gasteiger partial charge < -0.3 is 4.57 Å². The van der Waals surface area contributed by atoms with Gasteiger partial charge in [-0.05, 0) is 23.8 Å². The van der Waals surface area contributed by atoms with E-state index >= 15 is 0 Å². The van der Waals surface area contributed by atoms with Gasteiger partial charge in [0.05, 0.1) is 28.1 Å². The Morgan fingerprint density at radius 2 is 1.75 bits per heavy atom. The monoisotopic (exact) mass is 429 g/mol. The van der Waals surface area contributed by atoms with E-state index in [9.17, 15) is 21.6 Å². The smallest absolute Gasteiger partial charge is 0.326 e. The van der Waals surface area contributed by atoms with E-state index in [0.29, 0.717) is 23.0 Å². The second kappa shape index (κ2) is 7.21. The van der Waals surface area contributed by atoms with Gasteiger partial charge in [0.15, 0.2) is 15.7 Å². The van der Waals surface area contributed by atoms with Crippen LogP contribution in [0.2, 0.25) is 5.02 Å². The molecule has 0 amide bonds. The van der Waals surface area contributed by atoms with Crippen LogP contribution in [0.4, 0.5) is 13.2 Å². The van der Waals surface area contributed by atoms with Gasteiger partial charge in [-0.2, -0.15) is 13.2 Å². The lowest BCUT2D eigenvalue weighted by Crippen LogP contribution is -2.13. The van der Waals surface area contributed by atoms with Gasteiger partial charge in [-0.25, -0.2) is 13.4 Å². The number of hydrogen-bond acceptors (Lipinski definition) is 4. The number of nitrogens with zero attached hydrogens (tertiary/aromatic N) is 3. The number of rotatable bonds is 4. The molecule has 0 bridgehead atoms. The lowest BCUT2D eigenvalue weighted by molar-refractivity contribution is -0.138. The third-order valence-electron chi connectivity index (χ3n) is 4.24. The summed E-state index contributed by atoms with van der Waals surface area (Å²) in [4.78, 5) is 7.52. The van der Waals surface area contributed by atoms with E-state index in [1.54, 1.807) is 35.9 Å². The Hall–Kier alpha value is -2.39. The van der Waals surface area contributed by atoms with Gasteiger partial charge in [0.25, 0.3) is 0 Å². The molecule has 3 aromatic rings. The summed E-state index contributed by atoms with van der Waals surface area (Å²) < 4.78 is 65.7. The van der Waals surface area contributed by atoms with Crippen molar-refractivity contribution in [2.45, 2.75) is 18.0 Å². The molecule has 0 aliphatic carbocycles. The number of alkyl halides is 3. The van der Waals surface area contributed by atoms with Gasteiger partial charge in [0.1, 0.15) is 5.69 Å². The molecule has 0 aliphatic rings. The molecule has 0 spiro atoms. The van der Waals surface area contributed by atoms with Gasteiger partial charge in [-0.1, -0.05) is 30.7 Å². The molecule has 1 aromatic carbocycles. The molecule has 28 heavy (non-hydrogen) atoms. The fraction of sp³-hybridized carbons (Fsp3) is 0.222. The largest absolute Gasteiger partial charge is 0.417 e. The van der Waals surface area contributed by atoms with E-state index in [-0.39, 0.29) is 17.3 Å². The van der Waals surface area contributed by atoms with Gasteiger partial charge >= 0.3 is 6.18 Å². The molecule has 2 heterocycles. The zero-order valence-electron chi connectivity index (χ0n) is 14.8. The predicted octanol–water partition coefficient (Wildman–Crippen LogP) is 4.61. The van der Waals surface area contributed by atoms with Crippen LogP contribution < -0.4 is 0 Å². The second-order valence-electron chi connectivity index (χ2n) is 6.00. The summed E-state index contributed by atoms with van der Waals surface area (Å²) in [6, 6.07) is 7.50. The minimum Gasteiger partial charge on any atom is -0.326 e. The number of pyridine rings is 1. The summed E-state index contributed by atoms with van der Waals surface area (Å²) in [5, 5.41) is 0.548. The SMILES string of the molecule is CCS(=O)(=O)c1cc(C(F)(F)F)cnc1-c1ncc(-c2ccc(Cl)cc2)n1C. The molecule has 10 heteroatoms. The van der Waals surface area contributed by atoms with Crippen LogP contribution in [0.15, 0.2) is 47.6 Å². The zero-order valence-corrected chi connectivity index (χ0v) is 16.4. The van der Waals surface area contributed by atoms with Gasteiger partial charge in [0.2, 0.25) is 0 Å². The third-order valence-corrected chi connectivity index (χ3v) is 6.23. The average Bonchev–Trinajstić information content (AvgIpc) is 3.02. The van der Waals surface area contributed by atoms with E-state index in [1.165, 1.54) is 13.1 Å². The standard InChI is InChI=1S/C18H15ClF3N3O2S/c1-3-28(26,27)15-8-12(18(20,21)22)9-23-16(15)17-24-10-14(25(17)2)11-4-6-13(19)7-5-11/h4-10H,3H2,1-2H3.